The van der Waals surface area contributed by atoms with Crippen molar-refractivity contribution in [3.63, 3.8) is 0 Å². The molecule has 0 unspecified atom stereocenters. The minimum Gasteiger partial charge on any atom is -0.462 e. The Labute approximate surface area is 152 Å². The van der Waals surface area contributed by atoms with E-state index in [0.717, 1.165) is 0 Å². The molecule has 2 aromatic rings. The van der Waals surface area contributed by atoms with Crippen LogP contribution < -0.4 is 0 Å². The van der Waals surface area contributed by atoms with Gasteiger partial charge in [-0.15, -0.1) is 0 Å². The first-order chi connectivity index (χ1) is 12.2. The second kappa shape index (κ2) is 8.43. The summed E-state index contributed by atoms with van der Waals surface area (Å²) in [6.45, 7) is 4.94. The maximum Gasteiger partial charge on any atom is 0.470 e. The molecule has 0 atom stereocenters. The van der Waals surface area contributed by atoms with Crippen molar-refractivity contribution in [3.05, 3.63) is 83.9 Å². The van der Waals surface area contributed by atoms with Gasteiger partial charge in [0.2, 0.25) is 0 Å². The van der Waals surface area contributed by atoms with Crippen LogP contribution in [0, 0.1) is 0 Å². The van der Waals surface area contributed by atoms with Gasteiger partial charge in [0, 0.05) is 12.0 Å². The molecule has 0 aromatic heterocycles. The normalized spacial score (nSPS) is 11.8. The maximum atomic E-state index is 11.7. The number of phosphoric ester groups is 1. The molecular formula is C19H21O6P. The number of esters is 1. The summed E-state index contributed by atoms with van der Waals surface area (Å²) < 4.78 is 22.2. The van der Waals surface area contributed by atoms with Gasteiger partial charge < -0.3 is 14.5 Å². The number of ether oxygens (including phenoxy) is 1. The Morgan fingerprint density at radius 3 is 1.88 bits per heavy atom. The van der Waals surface area contributed by atoms with Gasteiger partial charge in [-0.3, -0.25) is 4.52 Å². The summed E-state index contributed by atoms with van der Waals surface area (Å²) >= 11 is 0. The van der Waals surface area contributed by atoms with Crippen molar-refractivity contribution in [2.45, 2.75) is 18.9 Å². The van der Waals surface area contributed by atoms with Gasteiger partial charge >= 0.3 is 13.8 Å². The van der Waals surface area contributed by atoms with Gasteiger partial charge in [0.25, 0.3) is 0 Å². The lowest BCUT2D eigenvalue weighted by Crippen LogP contribution is -2.32. The standard InChI is InChI=1S/C19H21O6P/c1-15(2)18(20)24-14-13-19(25-26(21,22)23,16-9-5-3-6-10-16)17-11-7-4-8-12-17/h3-12H,1,13-14H2,2H3,(H2,21,22,23). The number of rotatable bonds is 8. The molecular weight excluding hydrogens is 355 g/mol. The largest absolute Gasteiger partial charge is 0.470 e. The predicted octanol–water partition coefficient (Wildman–Crippen LogP) is 3.55. The quantitative estimate of drug-likeness (QED) is 0.416. The Hall–Kier alpha value is -2.24. The molecule has 2 aromatic carbocycles. The van der Waals surface area contributed by atoms with Crippen LogP contribution in [0.5, 0.6) is 0 Å². The highest BCUT2D eigenvalue weighted by Gasteiger charge is 2.41. The molecule has 0 bridgehead atoms. The SMILES string of the molecule is C=C(C)C(=O)OCCC(OP(=O)(O)O)(c1ccccc1)c1ccccc1. The van der Waals surface area contributed by atoms with Crippen molar-refractivity contribution in [3.8, 4) is 0 Å². The van der Waals surface area contributed by atoms with E-state index >= 15 is 0 Å². The highest BCUT2D eigenvalue weighted by atomic mass is 31.2. The molecule has 0 saturated heterocycles. The molecule has 2 rings (SSSR count). The lowest BCUT2D eigenvalue weighted by Gasteiger charge is -2.34. The van der Waals surface area contributed by atoms with E-state index in [9.17, 15) is 19.1 Å². The molecule has 7 heteroatoms. The second-order valence-electron chi connectivity index (χ2n) is 5.81. The summed E-state index contributed by atoms with van der Waals surface area (Å²) in [6.07, 6.45) is 0.0190. The third kappa shape index (κ3) is 5.13. The molecule has 26 heavy (non-hydrogen) atoms. The van der Waals surface area contributed by atoms with Gasteiger partial charge in [-0.25, -0.2) is 9.36 Å². The minimum absolute atomic E-state index is 0.0190. The number of hydrogen-bond donors (Lipinski definition) is 2. The second-order valence-corrected chi connectivity index (χ2v) is 6.97. The van der Waals surface area contributed by atoms with Crippen LogP contribution in [-0.4, -0.2) is 22.4 Å². The van der Waals surface area contributed by atoms with E-state index in [2.05, 4.69) is 6.58 Å². The van der Waals surface area contributed by atoms with E-state index < -0.39 is 19.4 Å². The van der Waals surface area contributed by atoms with Gasteiger partial charge in [0.1, 0.15) is 5.60 Å². The fourth-order valence-electron chi connectivity index (χ4n) is 2.63. The van der Waals surface area contributed by atoms with Crippen LogP contribution in [-0.2, 0) is 24.2 Å². The Balaban J connectivity index is 2.48. The molecule has 0 amide bonds. The molecule has 0 heterocycles. The van der Waals surface area contributed by atoms with E-state index in [-0.39, 0.29) is 18.6 Å². The Kier molecular flexibility index (Phi) is 6.51. The smallest absolute Gasteiger partial charge is 0.462 e. The van der Waals surface area contributed by atoms with Crippen molar-refractivity contribution < 1.29 is 28.4 Å². The van der Waals surface area contributed by atoms with Crippen molar-refractivity contribution in [1.29, 1.82) is 0 Å². The van der Waals surface area contributed by atoms with E-state index in [1.54, 1.807) is 60.7 Å². The first-order valence-electron chi connectivity index (χ1n) is 7.94. The Bertz CT molecular complexity index is 758. The lowest BCUT2D eigenvalue weighted by atomic mass is 9.84. The van der Waals surface area contributed by atoms with Crippen molar-refractivity contribution in [1.82, 2.24) is 0 Å². The summed E-state index contributed by atoms with van der Waals surface area (Å²) in [5.74, 6) is -0.573. The van der Waals surface area contributed by atoms with Gasteiger partial charge in [-0.2, -0.15) is 0 Å². The molecule has 2 N–H and O–H groups in total. The molecule has 0 aliphatic heterocycles. The van der Waals surface area contributed by atoms with Crippen LogP contribution in [0.3, 0.4) is 0 Å². The first-order valence-corrected chi connectivity index (χ1v) is 9.47. The van der Waals surface area contributed by atoms with Crippen LogP contribution in [0.25, 0.3) is 0 Å². The van der Waals surface area contributed by atoms with Crippen molar-refractivity contribution in [2.75, 3.05) is 6.61 Å². The van der Waals surface area contributed by atoms with E-state index in [1.807, 2.05) is 0 Å². The topological polar surface area (TPSA) is 93.1 Å². The number of phosphoric acid groups is 1. The molecule has 0 spiro atoms. The van der Waals surface area contributed by atoms with E-state index in [4.69, 9.17) is 9.26 Å². The molecule has 0 fully saturated rings. The fourth-order valence-corrected chi connectivity index (χ4v) is 3.34. The monoisotopic (exact) mass is 376 g/mol. The molecule has 0 radical (unpaired) electrons. The summed E-state index contributed by atoms with van der Waals surface area (Å²) in [6, 6.07) is 17.4. The van der Waals surface area contributed by atoms with Gasteiger partial charge in [0.15, 0.2) is 0 Å². The molecule has 0 saturated carbocycles. The van der Waals surface area contributed by atoms with Crippen LogP contribution >= 0.6 is 7.82 Å². The van der Waals surface area contributed by atoms with E-state index in [0.29, 0.717) is 11.1 Å². The Morgan fingerprint density at radius 1 is 1.04 bits per heavy atom. The van der Waals surface area contributed by atoms with Crippen LogP contribution in [0.15, 0.2) is 72.8 Å². The van der Waals surface area contributed by atoms with Crippen LogP contribution in [0.1, 0.15) is 24.5 Å². The zero-order chi connectivity index (χ0) is 19.2. The molecule has 0 aliphatic rings. The summed E-state index contributed by atoms with van der Waals surface area (Å²) in [7, 11) is -4.86. The summed E-state index contributed by atoms with van der Waals surface area (Å²) in [5.41, 5.74) is -0.149. The van der Waals surface area contributed by atoms with Crippen molar-refractivity contribution >= 4 is 13.8 Å². The van der Waals surface area contributed by atoms with Crippen LogP contribution in [0.2, 0.25) is 0 Å². The molecule has 138 valence electrons. The first kappa shape index (κ1) is 20.1. The average Bonchev–Trinajstić information content (AvgIpc) is 2.61. The fraction of sp³-hybridized carbons (Fsp3) is 0.211. The predicted molar refractivity (Wildman–Crippen MR) is 97.2 cm³/mol. The third-order valence-electron chi connectivity index (χ3n) is 3.79. The molecule has 0 aliphatic carbocycles. The maximum absolute atomic E-state index is 11.7. The summed E-state index contributed by atoms with van der Waals surface area (Å²) in [5, 5.41) is 0. The number of carbonyl (C=O) groups is 1. The van der Waals surface area contributed by atoms with Gasteiger partial charge in [0.05, 0.1) is 6.61 Å². The number of carbonyl (C=O) groups excluding carboxylic acids is 1. The molecule has 6 nitrogen and oxygen atoms in total. The zero-order valence-corrected chi connectivity index (χ0v) is 15.3. The van der Waals surface area contributed by atoms with Crippen molar-refractivity contribution in [2.24, 2.45) is 0 Å². The van der Waals surface area contributed by atoms with Gasteiger partial charge in [-0.1, -0.05) is 67.2 Å². The minimum atomic E-state index is -4.86. The average molecular weight is 376 g/mol. The number of benzene rings is 2. The van der Waals surface area contributed by atoms with E-state index in [1.165, 1.54) is 6.92 Å². The highest BCUT2D eigenvalue weighted by molar-refractivity contribution is 7.46. The highest BCUT2D eigenvalue weighted by Crippen LogP contribution is 2.50. The summed E-state index contributed by atoms with van der Waals surface area (Å²) in [4.78, 5) is 30.8. The Morgan fingerprint density at radius 2 is 1.50 bits per heavy atom. The van der Waals surface area contributed by atoms with Crippen LogP contribution in [0.4, 0.5) is 0 Å². The number of hydrogen-bond acceptors (Lipinski definition) is 4. The zero-order valence-electron chi connectivity index (χ0n) is 14.4. The van der Waals surface area contributed by atoms with Gasteiger partial charge in [-0.05, 0) is 18.1 Å². The lowest BCUT2D eigenvalue weighted by molar-refractivity contribution is -0.140. The third-order valence-corrected chi connectivity index (χ3v) is 4.34.